The molecule has 0 radical (unpaired) electrons. The van der Waals surface area contributed by atoms with Gasteiger partial charge >= 0.3 is 0 Å². The van der Waals surface area contributed by atoms with Gasteiger partial charge in [0.1, 0.15) is 6.61 Å². The standard InChI is InChI=1S/C12H17ClFNO2/c1-16-8-3-6-15-7-9-17-11-5-2-4-10(13)12(11)14/h2,4-5,15H,3,6-9H2,1H3. The van der Waals surface area contributed by atoms with E-state index >= 15 is 0 Å². The number of rotatable bonds is 8. The predicted octanol–water partition coefficient (Wildman–Crippen LogP) is 2.48. The van der Waals surface area contributed by atoms with Crippen LogP contribution >= 0.6 is 11.6 Å². The van der Waals surface area contributed by atoms with Gasteiger partial charge in [-0.2, -0.15) is 0 Å². The summed E-state index contributed by atoms with van der Waals surface area (Å²) in [6.45, 7) is 2.66. The van der Waals surface area contributed by atoms with Gasteiger partial charge in [-0.05, 0) is 25.1 Å². The van der Waals surface area contributed by atoms with Crippen LogP contribution in [0.1, 0.15) is 6.42 Å². The largest absolute Gasteiger partial charge is 0.489 e. The first-order valence-electron chi connectivity index (χ1n) is 5.52. The molecule has 0 saturated heterocycles. The van der Waals surface area contributed by atoms with Gasteiger partial charge in [0.2, 0.25) is 0 Å². The number of nitrogens with one attached hydrogen (secondary N) is 1. The van der Waals surface area contributed by atoms with Crippen LogP contribution in [0.5, 0.6) is 5.75 Å². The van der Waals surface area contributed by atoms with Gasteiger partial charge in [0.05, 0.1) is 5.02 Å². The third kappa shape index (κ3) is 5.35. The van der Waals surface area contributed by atoms with Crippen LogP contribution in [-0.4, -0.2) is 33.4 Å². The fourth-order valence-electron chi connectivity index (χ4n) is 1.30. The van der Waals surface area contributed by atoms with Crippen LogP contribution in [0.25, 0.3) is 0 Å². The second-order valence-electron chi connectivity index (χ2n) is 3.50. The second kappa shape index (κ2) is 8.28. The SMILES string of the molecule is COCCCNCCOc1cccc(Cl)c1F. The minimum Gasteiger partial charge on any atom is -0.489 e. The van der Waals surface area contributed by atoms with E-state index in [2.05, 4.69) is 5.32 Å². The molecule has 1 rings (SSSR count). The number of methoxy groups -OCH3 is 1. The van der Waals surface area contributed by atoms with Gasteiger partial charge in [-0.1, -0.05) is 17.7 Å². The first-order chi connectivity index (χ1) is 8.25. The molecule has 0 aliphatic heterocycles. The van der Waals surface area contributed by atoms with E-state index in [1.54, 1.807) is 19.2 Å². The lowest BCUT2D eigenvalue weighted by molar-refractivity contribution is 0.193. The Bertz CT molecular complexity index is 336. The molecule has 0 spiro atoms. The van der Waals surface area contributed by atoms with Crippen LogP contribution < -0.4 is 10.1 Å². The number of benzene rings is 1. The molecule has 5 heteroatoms. The summed E-state index contributed by atoms with van der Waals surface area (Å²) >= 11 is 5.63. The van der Waals surface area contributed by atoms with Crippen LogP contribution in [0.3, 0.4) is 0 Å². The molecule has 96 valence electrons. The summed E-state index contributed by atoms with van der Waals surface area (Å²) in [5.41, 5.74) is 0. The van der Waals surface area contributed by atoms with Gasteiger partial charge in [-0.15, -0.1) is 0 Å². The van der Waals surface area contributed by atoms with Crippen molar-refractivity contribution in [3.63, 3.8) is 0 Å². The fraction of sp³-hybridized carbons (Fsp3) is 0.500. The van der Waals surface area contributed by atoms with Crippen molar-refractivity contribution in [2.24, 2.45) is 0 Å². The Hall–Kier alpha value is -0.840. The molecule has 0 aliphatic rings. The summed E-state index contributed by atoms with van der Waals surface area (Å²) in [6, 6.07) is 4.71. The molecule has 0 fully saturated rings. The monoisotopic (exact) mass is 261 g/mol. The van der Waals surface area contributed by atoms with Crippen LogP contribution in [0.4, 0.5) is 4.39 Å². The number of hydrogen-bond donors (Lipinski definition) is 1. The summed E-state index contributed by atoms with van der Waals surface area (Å²) in [4.78, 5) is 0. The zero-order valence-corrected chi connectivity index (χ0v) is 10.6. The zero-order chi connectivity index (χ0) is 12.5. The lowest BCUT2D eigenvalue weighted by atomic mass is 10.3. The van der Waals surface area contributed by atoms with Crippen LogP contribution in [0.2, 0.25) is 5.02 Å². The number of ether oxygens (including phenoxy) is 2. The predicted molar refractivity (Wildman–Crippen MR) is 66.3 cm³/mol. The summed E-state index contributed by atoms with van der Waals surface area (Å²) in [6.07, 6.45) is 0.946. The molecule has 0 amide bonds. The van der Waals surface area contributed by atoms with Crippen LogP contribution in [0, 0.1) is 5.82 Å². The number of halogens is 2. The molecule has 0 heterocycles. The molecule has 1 N–H and O–H groups in total. The van der Waals surface area contributed by atoms with E-state index in [9.17, 15) is 4.39 Å². The molecular weight excluding hydrogens is 245 g/mol. The average molecular weight is 262 g/mol. The van der Waals surface area contributed by atoms with E-state index in [-0.39, 0.29) is 10.8 Å². The molecule has 3 nitrogen and oxygen atoms in total. The normalized spacial score (nSPS) is 10.5. The quantitative estimate of drug-likeness (QED) is 0.730. The van der Waals surface area contributed by atoms with E-state index in [0.717, 1.165) is 19.6 Å². The molecular formula is C12H17ClFNO2. The first-order valence-corrected chi connectivity index (χ1v) is 5.90. The maximum Gasteiger partial charge on any atom is 0.183 e. The average Bonchev–Trinajstić information content (AvgIpc) is 2.33. The molecule has 17 heavy (non-hydrogen) atoms. The molecule has 1 aromatic rings. The van der Waals surface area contributed by atoms with Gasteiger partial charge < -0.3 is 14.8 Å². The molecule has 0 bridgehead atoms. The Morgan fingerprint density at radius 1 is 1.29 bits per heavy atom. The van der Waals surface area contributed by atoms with Crippen LogP contribution in [-0.2, 0) is 4.74 Å². The highest BCUT2D eigenvalue weighted by Crippen LogP contribution is 2.23. The van der Waals surface area contributed by atoms with Crippen molar-refractivity contribution in [1.29, 1.82) is 0 Å². The highest BCUT2D eigenvalue weighted by Gasteiger charge is 2.06. The highest BCUT2D eigenvalue weighted by atomic mass is 35.5. The maximum atomic E-state index is 13.4. The van der Waals surface area contributed by atoms with Crippen molar-refractivity contribution < 1.29 is 13.9 Å². The highest BCUT2D eigenvalue weighted by molar-refractivity contribution is 6.30. The van der Waals surface area contributed by atoms with E-state index in [1.165, 1.54) is 6.07 Å². The maximum absolute atomic E-state index is 13.4. The number of hydrogen-bond acceptors (Lipinski definition) is 3. The Labute approximate surface area is 106 Å². The first kappa shape index (κ1) is 14.2. The third-order valence-electron chi connectivity index (χ3n) is 2.15. The van der Waals surface area contributed by atoms with E-state index in [1.807, 2.05) is 0 Å². The van der Waals surface area contributed by atoms with Crippen molar-refractivity contribution in [3.8, 4) is 5.75 Å². The van der Waals surface area contributed by atoms with Crippen molar-refractivity contribution in [3.05, 3.63) is 29.0 Å². The van der Waals surface area contributed by atoms with Crippen molar-refractivity contribution in [2.75, 3.05) is 33.4 Å². The Kier molecular flexibility index (Phi) is 6.93. The smallest absolute Gasteiger partial charge is 0.183 e. The fourth-order valence-corrected chi connectivity index (χ4v) is 1.46. The summed E-state index contributed by atoms with van der Waals surface area (Å²) in [5, 5.41) is 3.24. The minimum atomic E-state index is -0.506. The van der Waals surface area contributed by atoms with Gasteiger partial charge in [0.25, 0.3) is 0 Å². The second-order valence-corrected chi connectivity index (χ2v) is 3.90. The topological polar surface area (TPSA) is 30.5 Å². The summed E-state index contributed by atoms with van der Waals surface area (Å²) < 4.78 is 23.6. The molecule has 0 atom stereocenters. The molecule has 0 aliphatic carbocycles. The van der Waals surface area contributed by atoms with Crippen LogP contribution in [0.15, 0.2) is 18.2 Å². The van der Waals surface area contributed by atoms with Gasteiger partial charge in [-0.25, -0.2) is 4.39 Å². The summed E-state index contributed by atoms with van der Waals surface area (Å²) in [5.74, 6) is -0.315. The molecule has 0 unspecified atom stereocenters. The van der Waals surface area contributed by atoms with Crippen molar-refractivity contribution in [2.45, 2.75) is 6.42 Å². The lowest BCUT2D eigenvalue weighted by Crippen LogP contribution is -2.23. The Balaban J connectivity index is 2.16. The Morgan fingerprint density at radius 2 is 2.12 bits per heavy atom. The van der Waals surface area contributed by atoms with E-state index in [0.29, 0.717) is 13.2 Å². The Morgan fingerprint density at radius 3 is 2.88 bits per heavy atom. The summed E-state index contributed by atoms with van der Waals surface area (Å²) in [7, 11) is 1.67. The van der Waals surface area contributed by atoms with E-state index in [4.69, 9.17) is 21.1 Å². The molecule has 1 aromatic carbocycles. The van der Waals surface area contributed by atoms with Gasteiger partial charge in [-0.3, -0.25) is 0 Å². The zero-order valence-electron chi connectivity index (χ0n) is 9.84. The molecule has 0 aromatic heterocycles. The lowest BCUT2D eigenvalue weighted by Gasteiger charge is -2.08. The van der Waals surface area contributed by atoms with Gasteiger partial charge in [0, 0.05) is 20.3 Å². The molecule has 0 saturated carbocycles. The van der Waals surface area contributed by atoms with Crippen molar-refractivity contribution >= 4 is 11.6 Å². The van der Waals surface area contributed by atoms with Crippen molar-refractivity contribution in [1.82, 2.24) is 5.32 Å². The van der Waals surface area contributed by atoms with Gasteiger partial charge in [0.15, 0.2) is 11.6 Å². The minimum absolute atomic E-state index is 0.0792. The van der Waals surface area contributed by atoms with E-state index < -0.39 is 5.82 Å². The third-order valence-corrected chi connectivity index (χ3v) is 2.45.